The van der Waals surface area contributed by atoms with Gasteiger partial charge in [0.2, 0.25) is 0 Å². The molecule has 184 valence electrons. The maximum Gasteiger partial charge on any atom is 0.0892 e. The molecule has 4 aliphatic carbocycles. The van der Waals surface area contributed by atoms with E-state index in [0.29, 0.717) is 23.4 Å². The summed E-state index contributed by atoms with van der Waals surface area (Å²) in [6, 6.07) is 0. The average molecular weight is 447 g/mol. The van der Waals surface area contributed by atoms with Crippen LogP contribution in [-0.4, -0.2) is 34.1 Å². The van der Waals surface area contributed by atoms with Crippen LogP contribution in [0.3, 0.4) is 0 Å². The number of epoxide rings is 1. The van der Waals surface area contributed by atoms with Crippen molar-refractivity contribution in [1.29, 1.82) is 0 Å². The van der Waals surface area contributed by atoms with Gasteiger partial charge in [-0.05, 0) is 118 Å². The SMILES string of the molecule is C[C@H](CCCCC1OC1(C)C)C1CCC2C3C[C@H](O)[C@@H]4C[C@H](O)CC[C@]4(C)C3CC[C@@]21C. The van der Waals surface area contributed by atoms with Crippen LogP contribution in [0.4, 0.5) is 0 Å². The number of ether oxygens (including phenoxy) is 1. The summed E-state index contributed by atoms with van der Waals surface area (Å²) in [5, 5.41) is 21.5. The summed E-state index contributed by atoms with van der Waals surface area (Å²) in [5.41, 5.74) is 0.859. The minimum Gasteiger partial charge on any atom is -0.393 e. The number of hydrogen-bond donors (Lipinski definition) is 2. The van der Waals surface area contributed by atoms with Gasteiger partial charge in [-0.15, -0.1) is 0 Å². The molecule has 0 aromatic carbocycles. The van der Waals surface area contributed by atoms with Gasteiger partial charge < -0.3 is 14.9 Å². The van der Waals surface area contributed by atoms with E-state index in [1.807, 2.05) is 0 Å². The number of hydrogen-bond acceptors (Lipinski definition) is 3. The fourth-order valence-electron chi connectivity index (χ4n) is 9.99. The Bertz CT molecular complexity index is 690. The zero-order valence-electron chi connectivity index (χ0n) is 21.5. The summed E-state index contributed by atoms with van der Waals surface area (Å²) in [6.45, 7) is 12.1. The average Bonchev–Trinajstić information content (AvgIpc) is 3.17. The molecule has 0 radical (unpaired) electrons. The molecule has 32 heavy (non-hydrogen) atoms. The van der Waals surface area contributed by atoms with Gasteiger partial charge in [0, 0.05) is 0 Å². The van der Waals surface area contributed by atoms with Crippen molar-refractivity contribution in [2.24, 2.45) is 46.3 Å². The van der Waals surface area contributed by atoms with E-state index < -0.39 is 0 Å². The van der Waals surface area contributed by atoms with Crippen LogP contribution < -0.4 is 0 Å². The molecule has 3 heteroatoms. The lowest BCUT2D eigenvalue weighted by atomic mass is 9.44. The topological polar surface area (TPSA) is 53.0 Å². The van der Waals surface area contributed by atoms with Crippen LogP contribution in [0.2, 0.25) is 0 Å². The lowest BCUT2D eigenvalue weighted by Crippen LogP contribution is -2.58. The van der Waals surface area contributed by atoms with E-state index in [1.165, 1.54) is 51.4 Å². The maximum atomic E-state index is 11.2. The van der Waals surface area contributed by atoms with Crippen molar-refractivity contribution in [2.75, 3.05) is 0 Å². The van der Waals surface area contributed by atoms with E-state index in [2.05, 4.69) is 34.6 Å². The van der Waals surface area contributed by atoms with Crippen molar-refractivity contribution in [3.8, 4) is 0 Å². The third-order valence-electron chi connectivity index (χ3n) is 12.0. The van der Waals surface area contributed by atoms with Gasteiger partial charge in [-0.1, -0.05) is 40.0 Å². The van der Waals surface area contributed by atoms with Crippen LogP contribution in [0.25, 0.3) is 0 Å². The molecule has 1 saturated heterocycles. The number of fused-ring (bicyclic) bond motifs is 5. The van der Waals surface area contributed by atoms with Gasteiger partial charge >= 0.3 is 0 Å². The Morgan fingerprint density at radius 3 is 2.25 bits per heavy atom. The van der Waals surface area contributed by atoms with Crippen LogP contribution >= 0.6 is 0 Å². The standard InChI is InChI=1S/C29H50O3/c1-18(8-6-7-9-26-27(2,3)32-26)21-10-11-22-20-17-25(31)24-16-19(30)12-14-29(24,5)23(20)13-15-28(21,22)4/h18-26,30-31H,6-17H2,1-5H3/t18-,19-,20?,21?,22?,23?,24+,25+,26?,28-,29-/m1/s1. The number of aliphatic hydroxyl groups is 2. The van der Waals surface area contributed by atoms with Crippen molar-refractivity contribution in [3.63, 3.8) is 0 Å². The van der Waals surface area contributed by atoms with Gasteiger partial charge in [-0.3, -0.25) is 0 Å². The van der Waals surface area contributed by atoms with Gasteiger partial charge in [0.05, 0.1) is 23.9 Å². The first-order chi connectivity index (χ1) is 15.1. The van der Waals surface area contributed by atoms with Crippen LogP contribution in [-0.2, 0) is 4.74 Å². The lowest BCUT2D eigenvalue weighted by molar-refractivity contribution is -0.172. The highest BCUT2D eigenvalue weighted by Gasteiger charge is 2.62. The second-order valence-electron chi connectivity index (χ2n) is 13.9. The highest BCUT2D eigenvalue weighted by atomic mass is 16.6. The Morgan fingerprint density at radius 1 is 0.844 bits per heavy atom. The molecule has 3 nitrogen and oxygen atoms in total. The molecule has 1 aliphatic heterocycles. The van der Waals surface area contributed by atoms with Crippen LogP contribution in [0.5, 0.6) is 0 Å². The van der Waals surface area contributed by atoms with Crippen molar-refractivity contribution in [2.45, 2.75) is 136 Å². The van der Waals surface area contributed by atoms with Gasteiger partial charge in [0.1, 0.15) is 0 Å². The largest absolute Gasteiger partial charge is 0.393 e. The van der Waals surface area contributed by atoms with E-state index in [-0.39, 0.29) is 23.2 Å². The quantitative estimate of drug-likeness (QED) is 0.369. The zero-order chi connectivity index (χ0) is 22.9. The first kappa shape index (κ1) is 23.6. The molecule has 5 fully saturated rings. The van der Waals surface area contributed by atoms with Crippen LogP contribution in [0, 0.1) is 46.3 Å². The molecule has 4 saturated carbocycles. The summed E-state index contributed by atoms with van der Waals surface area (Å²) < 4.78 is 5.77. The Kier molecular flexibility index (Phi) is 6.07. The number of rotatable bonds is 6. The Labute approximate surface area is 197 Å². The molecular weight excluding hydrogens is 396 g/mol. The molecule has 5 rings (SSSR count). The molecule has 0 spiro atoms. The van der Waals surface area contributed by atoms with Gasteiger partial charge in [0.25, 0.3) is 0 Å². The second-order valence-corrected chi connectivity index (χ2v) is 13.9. The molecule has 1 heterocycles. The second kappa shape index (κ2) is 8.23. The van der Waals surface area contributed by atoms with Crippen molar-refractivity contribution in [3.05, 3.63) is 0 Å². The van der Waals surface area contributed by atoms with E-state index in [4.69, 9.17) is 4.74 Å². The molecular formula is C29H50O3. The Hall–Kier alpha value is -0.120. The molecule has 2 N–H and O–H groups in total. The Morgan fingerprint density at radius 2 is 1.53 bits per heavy atom. The number of unbranched alkanes of at least 4 members (excludes halogenated alkanes) is 1. The monoisotopic (exact) mass is 446 g/mol. The van der Waals surface area contributed by atoms with Crippen LogP contribution in [0.15, 0.2) is 0 Å². The van der Waals surface area contributed by atoms with E-state index in [1.54, 1.807) is 0 Å². The molecule has 0 aromatic heterocycles. The summed E-state index contributed by atoms with van der Waals surface area (Å²) in [5.74, 6) is 4.25. The molecule has 0 bridgehead atoms. The summed E-state index contributed by atoms with van der Waals surface area (Å²) >= 11 is 0. The molecule has 11 atom stereocenters. The fraction of sp³-hybridized carbons (Fsp3) is 1.00. The maximum absolute atomic E-state index is 11.2. The van der Waals surface area contributed by atoms with Crippen molar-refractivity contribution in [1.82, 2.24) is 0 Å². The third kappa shape index (κ3) is 3.81. The summed E-state index contributed by atoms with van der Waals surface area (Å²) in [6.07, 6.45) is 14.8. The predicted octanol–water partition coefficient (Wildman–Crippen LogP) is 6.35. The fourth-order valence-corrected chi connectivity index (χ4v) is 9.99. The van der Waals surface area contributed by atoms with Gasteiger partial charge in [-0.25, -0.2) is 0 Å². The van der Waals surface area contributed by atoms with Gasteiger partial charge in [-0.2, -0.15) is 0 Å². The van der Waals surface area contributed by atoms with E-state index in [9.17, 15) is 10.2 Å². The smallest absolute Gasteiger partial charge is 0.0892 e. The lowest BCUT2D eigenvalue weighted by Gasteiger charge is -2.62. The third-order valence-corrected chi connectivity index (χ3v) is 12.0. The van der Waals surface area contributed by atoms with Gasteiger partial charge in [0.15, 0.2) is 0 Å². The summed E-state index contributed by atoms with van der Waals surface area (Å²) in [7, 11) is 0. The minimum absolute atomic E-state index is 0.146. The van der Waals surface area contributed by atoms with E-state index >= 15 is 0 Å². The molecule has 0 aromatic rings. The summed E-state index contributed by atoms with van der Waals surface area (Å²) in [4.78, 5) is 0. The highest BCUT2D eigenvalue weighted by molar-refractivity contribution is 5.11. The normalized spacial score (nSPS) is 52.6. The first-order valence-corrected chi connectivity index (χ1v) is 14.1. The molecule has 5 aliphatic rings. The number of aliphatic hydroxyl groups excluding tert-OH is 2. The first-order valence-electron chi connectivity index (χ1n) is 14.1. The van der Waals surface area contributed by atoms with Crippen molar-refractivity contribution >= 4 is 0 Å². The molecule has 0 amide bonds. The predicted molar refractivity (Wildman–Crippen MR) is 129 cm³/mol. The zero-order valence-corrected chi connectivity index (χ0v) is 21.5. The van der Waals surface area contributed by atoms with E-state index in [0.717, 1.165) is 49.4 Å². The highest BCUT2D eigenvalue weighted by Crippen LogP contribution is 2.68. The molecule has 5 unspecified atom stereocenters. The van der Waals surface area contributed by atoms with Crippen LogP contribution in [0.1, 0.15) is 112 Å². The van der Waals surface area contributed by atoms with Crippen molar-refractivity contribution < 1.29 is 14.9 Å². The minimum atomic E-state index is -0.205. The Balaban J connectivity index is 1.22.